The van der Waals surface area contributed by atoms with Gasteiger partial charge in [0.1, 0.15) is 11.6 Å². The van der Waals surface area contributed by atoms with Crippen LogP contribution in [0.2, 0.25) is 0 Å². The van der Waals surface area contributed by atoms with Crippen LogP contribution in [0.4, 0.5) is 17.6 Å². The molecule has 16 heavy (non-hydrogen) atoms. The lowest BCUT2D eigenvalue weighted by Gasteiger charge is -2.20. The van der Waals surface area contributed by atoms with Gasteiger partial charge in [-0.1, -0.05) is 13.8 Å². The molecule has 1 aromatic heterocycles. The van der Waals surface area contributed by atoms with E-state index in [4.69, 9.17) is 11.5 Å². The molecule has 0 spiro atoms. The summed E-state index contributed by atoms with van der Waals surface area (Å²) in [5.41, 5.74) is 11.6. The number of anilines is 3. The molecule has 88 valence electrons. The lowest BCUT2D eigenvalue weighted by atomic mass is 9.92. The molecule has 0 aromatic carbocycles. The van der Waals surface area contributed by atoms with Crippen molar-refractivity contribution < 1.29 is 0 Å². The second-order valence-corrected chi connectivity index (χ2v) is 4.91. The smallest absolute Gasteiger partial charge is 0.223 e. The minimum absolute atomic E-state index is 0.219. The molecule has 1 aliphatic carbocycles. The lowest BCUT2D eigenvalue weighted by molar-refractivity contribution is 0.380. The fraction of sp³-hybridized carbons (Fsp3) is 0.636. The van der Waals surface area contributed by atoms with Crippen LogP contribution in [0.25, 0.3) is 0 Å². The Hall–Kier alpha value is -1.52. The summed E-state index contributed by atoms with van der Waals surface area (Å²) in [6.07, 6.45) is 2.57. The van der Waals surface area contributed by atoms with Gasteiger partial charge in [-0.25, -0.2) is 0 Å². The molecule has 2 rings (SSSR count). The van der Waals surface area contributed by atoms with Gasteiger partial charge in [0.25, 0.3) is 0 Å². The first-order valence-corrected chi connectivity index (χ1v) is 5.66. The number of nitrogens with two attached hydrogens (primary N) is 2. The fourth-order valence-corrected chi connectivity index (χ4v) is 1.96. The van der Waals surface area contributed by atoms with E-state index in [-0.39, 0.29) is 5.95 Å². The van der Waals surface area contributed by atoms with Crippen LogP contribution in [-0.2, 0) is 0 Å². The summed E-state index contributed by atoms with van der Waals surface area (Å²) in [6, 6.07) is 1.72. The zero-order valence-electron chi connectivity index (χ0n) is 9.83. The predicted molar refractivity (Wildman–Crippen MR) is 65.9 cm³/mol. The molecular weight excluding hydrogens is 202 g/mol. The third-order valence-corrected chi connectivity index (χ3v) is 3.50. The number of nitrogen functional groups attached to an aromatic ring is 2. The van der Waals surface area contributed by atoms with Crippen LogP contribution in [0.3, 0.4) is 0 Å². The van der Waals surface area contributed by atoms with E-state index in [1.807, 2.05) is 0 Å². The van der Waals surface area contributed by atoms with E-state index in [1.165, 1.54) is 12.8 Å². The van der Waals surface area contributed by atoms with E-state index >= 15 is 0 Å². The van der Waals surface area contributed by atoms with Gasteiger partial charge in [-0.05, 0) is 24.2 Å². The molecule has 1 aliphatic rings. The van der Waals surface area contributed by atoms with E-state index in [0.29, 0.717) is 17.2 Å². The molecule has 5 heteroatoms. The highest BCUT2D eigenvalue weighted by Gasteiger charge is 2.44. The van der Waals surface area contributed by atoms with Crippen LogP contribution in [0.15, 0.2) is 6.07 Å². The first-order valence-electron chi connectivity index (χ1n) is 5.66. The van der Waals surface area contributed by atoms with E-state index in [0.717, 1.165) is 12.4 Å². The van der Waals surface area contributed by atoms with Crippen LogP contribution < -0.4 is 16.8 Å². The Kier molecular flexibility index (Phi) is 2.61. The van der Waals surface area contributed by atoms with Crippen molar-refractivity contribution in [3.8, 4) is 0 Å². The minimum Gasteiger partial charge on any atom is -0.383 e. The first kappa shape index (κ1) is 11.0. The lowest BCUT2D eigenvalue weighted by Crippen LogP contribution is -2.21. The van der Waals surface area contributed by atoms with Crippen molar-refractivity contribution in [1.29, 1.82) is 0 Å². The molecule has 0 radical (unpaired) electrons. The topological polar surface area (TPSA) is 89.8 Å². The normalized spacial score (nSPS) is 17.4. The molecular formula is C11H19N5. The summed E-state index contributed by atoms with van der Waals surface area (Å²) in [6.45, 7) is 5.45. The summed E-state index contributed by atoms with van der Waals surface area (Å²) in [7, 11) is 0. The Morgan fingerprint density at radius 2 is 2.06 bits per heavy atom. The SMILES string of the molecule is CC(C)C1(CNc2cc(N)nc(N)n2)CC1. The third kappa shape index (κ3) is 2.18. The summed E-state index contributed by atoms with van der Waals surface area (Å²) < 4.78 is 0. The molecule has 1 fully saturated rings. The Balaban J connectivity index is 2.00. The predicted octanol–water partition coefficient (Wildman–Crippen LogP) is 1.49. The average molecular weight is 221 g/mol. The van der Waals surface area contributed by atoms with E-state index in [1.54, 1.807) is 6.07 Å². The van der Waals surface area contributed by atoms with Crippen molar-refractivity contribution in [2.45, 2.75) is 26.7 Å². The highest BCUT2D eigenvalue weighted by atomic mass is 15.1. The Morgan fingerprint density at radius 3 is 2.56 bits per heavy atom. The highest BCUT2D eigenvalue weighted by molar-refractivity contribution is 5.48. The van der Waals surface area contributed by atoms with Crippen molar-refractivity contribution in [3.63, 3.8) is 0 Å². The Labute approximate surface area is 95.6 Å². The maximum absolute atomic E-state index is 5.60. The number of hydrogen-bond donors (Lipinski definition) is 3. The van der Waals surface area contributed by atoms with Crippen LogP contribution >= 0.6 is 0 Å². The number of aromatic nitrogens is 2. The van der Waals surface area contributed by atoms with Crippen LogP contribution in [0.5, 0.6) is 0 Å². The molecule has 0 aliphatic heterocycles. The Morgan fingerprint density at radius 1 is 1.38 bits per heavy atom. The number of nitrogens with one attached hydrogen (secondary N) is 1. The molecule has 1 saturated carbocycles. The van der Waals surface area contributed by atoms with Crippen LogP contribution in [0, 0.1) is 11.3 Å². The van der Waals surface area contributed by atoms with Gasteiger partial charge in [0, 0.05) is 12.6 Å². The summed E-state index contributed by atoms with van der Waals surface area (Å²) in [4.78, 5) is 7.93. The monoisotopic (exact) mass is 221 g/mol. The fourth-order valence-electron chi connectivity index (χ4n) is 1.96. The van der Waals surface area contributed by atoms with Crippen molar-refractivity contribution in [2.24, 2.45) is 11.3 Å². The second kappa shape index (κ2) is 3.81. The summed E-state index contributed by atoms with van der Waals surface area (Å²) in [5.74, 6) is 2.04. The third-order valence-electron chi connectivity index (χ3n) is 3.50. The second-order valence-electron chi connectivity index (χ2n) is 4.91. The first-order chi connectivity index (χ1) is 7.52. The van der Waals surface area contributed by atoms with Crippen molar-refractivity contribution >= 4 is 17.6 Å². The van der Waals surface area contributed by atoms with Crippen LogP contribution in [0.1, 0.15) is 26.7 Å². The zero-order valence-corrected chi connectivity index (χ0v) is 9.83. The standard InChI is InChI=1S/C11H19N5/c1-7(2)11(3-4-11)6-14-9-5-8(12)15-10(13)16-9/h5,7H,3-4,6H2,1-2H3,(H5,12,13,14,15,16). The molecule has 1 heterocycles. The number of nitrogens with zero attached hydrogens (tertiary/aromatic N) is 2. The Bertz CT molecular complexity index is 364. The van der Waals surface area contributed by atoms with Gasteiger partial charge in [0.05, 0.1) is 0 Å². The molecule has 0 unspecified atom stereocenters. The number of hydrogen-bond acceptors (Lipinski definition) is 5. The number of rotatable bonds is 4. The largest absolute Gasteiger partial charge is 0.383 e. The molecule has 5 N–H and O–H groups in total. The maximum atomic E-state index is 5.60. The van der Waals surface area contributed by atoms with Gasteiger partial charge in [0.2, 0.25) is 5.95 Å². The van der Waals surface area contributed by atoms with Gasteiger partial charge in [-0.3, -0.25) is 0 Å². The van der Waals surface area contributed by atoms with Crippen LogP contribution in [-0.4, -0.2) is 16.5 Å². The van der Waals surface area contributed by atoms with E-state index in [9.17, 15) is 0 Å². The molecule has 1 aromatic rings. The quantitative estimate of drug-likeness (QED) is 0.716. The summed E-state index contributed by atoms with van der Waals surface area (Å²) >= 11 is 0. The minimum atomic E-state index is 0.219. The molecule has 0 amide bonds. The highest BCUT2D eigenvalue weighted by Crippen LogP contribution is 2.51. The van der Waals surface area contributed by atoms with E-state index < -0.39 is 0 Å². The van der Waals surface area contributed by atoms with Gasteiger partial charge in [0.15, 0.2) is 0 Å². The molecule has 5 nitrogen and oxygen atoms in total. The molecule has 0 bridgehead atoms. The van der Waals surface area contributed by atoms with Gasteiger partial charge < -0.3 is 16.8 Å². The zero-order chi connectivity index (χ0) is 11.8. The maximum Gasteiger partial charge on any atom is 0.223 e. The van der Waals surface area contributed by atoms with E-state index in [2.05, 4.69) is 29.1 Å². The van der Waals surface area contributed by atoms with Gasteiger partial charge in [-0.2, -0.15) is 9.97 Å². The molecule has 0 saturated heterocycles. The van der Waals surface area contributed by atoms with Crippen molar-refractivity contribution in [1.82, 2.24) is 9.97 Å². The van der Waals surface area contributed by atoms with Gasteiger partial charge in [-0.15, -0.1) is 0 Å². The van der Waals surface area contributed by atoms with Crippen molar-refractivity contribution in [2.75, 3.05) is 23.3 Å². The van der Waals surface area contributed by atoms with Crippen molar-refractivity contribution in [3.05, 3.63) is 6.07 Å². The summed E-state index contributed by atoms with van der Waals surface area (Å²) in [5, 5.41) is 3.30. The average Bonchev–Trinajstić information content (AvgIpc) is 2.94. The van der Waals surface area contributed by atoms with Gasteiger partial charge >= 0.3 is 0 Å². The molecule has 0 atom stereocenters.